The second-order valence-corrected chi connectivity index (χ2v) is 7.86. The van der Waals surface area contributed by atoms with Crippen molar-refractivity contribution >= 4 is 5.91 Å². The second-order valence-electron chi connectivity index (χ2n) is 7.86. The average Bonchev–Trinajstić information content (AvgIpc) is 3.43. The normalized spacial score (nSPS) is 19.5. The van der Waals surface area contributed by atoms with E-state index in [9.17, 15) is 9.18 Å². The molecule has 2 aliphatic rings. The third-order valence-corrected chi connectivity index (χ3v) is 6.03. The zero-order chi connectivity index (χ0) is 18.9. The fraction of sp³-hybridized carbons (Fsp3) is 0.524. The fourth-order valence-corrected chi connectivity index (χ4v) is 4.65. The summed E-state index contributed by atoms with van der Waals surface area (Å²) in [5.74, 6) is -0.0170. The van der Waals surface area contributed by atoms with Gasteiger partial charge in [-0.1, -0.05) is 12.8 Å². The van der Waals surface area contributed by atoms with Gasteiger partial charge in [0.1, 0.15) is 11.4 Å². The summed E-state index contributed by atoms with van der Waals surface area (Å²) < 4.78 is 14.8. The topological polar surface area (TPSA) is 41.4 Å². The number of rotatable bonds is 5. The van der Waals surface area contributed by atoms with E-state index in [-0.39, 0.29) is 17.3 Å². The lowest BCUT2D eigenvalue weighted by Crippen LogP contribution is -2.56. The van der Waals surface area contributed by atoms with Crippen LogP contribution in [0.3, 0.4) is 0 Å². The van der Waals surface area contributed by atoms with Crippen molar-refractivity contribution in [3.8, 4) is 5.69 Å². The minimum Gasteiger partial charge on any atom is -0.340 e. The third-order valence-electron chi connectivity index (χ3n) is 6.03. The number of benzene rings is 1. The van der Waals surface area contributed by atoms with Crippen molar-refractivity contribution in [2.45, 2.75) is 50.6 Å². The van der Waals surface area contributed by atoms with Gasteiger partial charge in [-0.3, -0.25) is 9.69 Å². The Morgan fingerprint density at radius 2 is 1.81 bits per heavy atom. The van der Waals surface area contributed by atoms with E-state index in [0.717, 1.165) is 50.0 Å². The van der Waals surface area contributed by atoms with E-state index >= 15 is 0 Å². The number of likely N-dealkylation sites (tertiary alicyclic amines) is 1. The van der Waals surface area contributed by atoms with E-state index in [1.807, 2.05) is 18.1 Å². The van der Waals surface area contributed by atoms with Gasteiger partial charge in [0.2, 0.25) is 5.91 Å². The lowest BCUT2D eigenvalue weighted by atomic mass is 9.93. The quantitative estimate of drug-likeness (QED) is 0.810. The summed E-state index contributed by atoms with van der Waals surface area (Å²) in [6, 6.07) is 6.24. The first-order valence-electron chi connectivity index (χ1n) is 9.89. The largest absolute Gasteiger partial charge is 0.340 e. The van der Waals surface area contributed by atoms with E-state index in [0.29, 0.717) is 6.54 Å². The van der Waals surface area contributed by atoms with Gasteiger partial charge in [-0.2, -0.15) is 5.10 Å². The molecule has 144 valence electrons. The number of halogens is 1. The Morgan fingerprint density at radius 3 is 2.48 bits per heavy atom. The Kier molecular flexibility index (Phi) is 5.00. The molecular formula is C21H27FN4O. The summed E-state index contributed by atoms with van der Waals surface area (Å²) in [4.78, 5) is 17.7. The summed E-state index contributed by atoms with van der Waals surface area (Å²) >= 11 is 0. The summed E-state index contributed by atoms with van der Waals surface area (Å²) in [6.07, 6.45) is 10.3. The maximum Gasteiger partial charge on any atom is 0.243 e. The lowest BCUT2D eigenvalue weighted by Gasteiger charge is -2.40. The number of carbonyl (C=O) groups excluding carboxylic acids is 1. The molecule has 0 bridgehead atoms. The van der Waals surface area contributed by atoms with Crippen molar-refractivity contribution < 1.29 is 9.18 Å². The number of hydrogen-bond acceptors (Lipinski definition) is 3. The Bertz CT molecular complexity index is 789. The zero-order valence-electron chi connectivity index (χ0n) is 15.9. The van der Waals surface area contributed by atoms with E-state index in [1.165, 1.54) is 25.0 Å². The van der Waals surface area contributed by atoms with Gasteiger partial charge >= 0.3 is 0 Å². The van der Waals surface area contributed by atoms with Gasteiger partial charge in [0.25, 0.3) is 0 Å². The first kappa shape index (κ1) is 18.2. The Morgan fingerprint density at radius 1 is 1.15 bits per heavy atom. The standard InChI is InChI=1S/C21H27FN4O/c1-24(20(27)21(10-2-3-11-21)25-12-4-5-13-25)15-17-14-23-26(16-17)19-8-6-18(22)7-9-19/h6-9,14,16H,2-5,10-13,15H2,1H3. The molecule has 1 aliphatic heterocycles. The Labute approximate surface area is 159 Å². The summed E-state index contributed by atoms with van der Waals surface area (Å²) in [7, 11) is 1.90. The van der Waals surface area contributed by atoms with E-state index in [1.54, 1.807) is 23.0 Å². The second kappa shape index (κ2) is 7.43. The molecular weight excluding hydrogens is 343 g/mol. The Balaban J connectivity index is 1.47. The van der Waals surface area contributed by atoms with Crippen LogP contribution in [0.4, 0.5) is 4.39 Å². The number of hydrogen-bond donors (Lipinski definition) is 0. The van der Waals surface area contributed by atoms with Crippen LogP contribution in [0, 0.1) is 5.82 Å². The number of aromatic nitrogens is 2. The van der Waals surface area contributed by atoms with Crippen molar-refractivity contribution in [2.75, 3.05) is 20.1 Å². The van der Waals surface area contributed by atoms with Gasteiger partial charge in [-0.25, -0.2) is 9.07 Å². The summed E-state index contributed by atoms with van der Waals surface area (Å²) in [5, 5.41) is 4.37. The molecule has 4 rings (SSSR count). The van der Waals surface area contributed by atoms with Crippen LogP contribution in [-0.4, -0.2) is 51.2 Å². The predicted molar refractivity (Wildman–Crippen MR) is 102 cm³/mol. The first-order valence-corrected chi connectivity index (χ1v) is 9.89. The van der Waals surface area contributed by atoms with Crippen LogP contribution in [0.1, 0.15) is 44.1 Å². The highest BCUT2D eigenvalue weighted by Crippen LogP contribution is 2.39. The van der Waals surface area contributed by atoms with Gasteiger partial charge in [-0.05, 0) is 63.0 Å². The molecule has 1 aromatic carbocycles. The minimum absolute atomic E-state index is 0.247. The van der Waals surface area contributed by atoms with Crippen LogP contribution < -0.4 is 0 Å². The molecule has 6 heteroatoms. The highest BCUT2D eigenvalue weighted by Gasteiger charge is 2.47. The van der Waals surface area contributed by atoms with Crippen molar-refractivity contribution in [1.29, 1.82) is 0 Å². The van der Waals surface area contributed by atoms with Crippen molar-refractivity contribution in [1.82, 2.24) is 19.6 Å². The summed E-state index contributed by atoms with van der Waals surface area (Å²) in [6.45, 7) is 2.62. The molecule has 2 aromatic rings. The van der Waals surface area contributed by atoms with Crippen LogP contribution in [0.25, 0.3) is 5.69 Å². The molecule has 0 N–H and O–H groups in total. The highest BCUT2D eigenvalue weighted by molar-refractivity contribution is 5.86. The number of amides is 1. The number of carbonyl (C=O) groups is 1. The van der Waals surface area contributed by atoms with E-state index < -0.39 is 0 Å². The minimum atomic E-state index is -0.293. The summed E-state index contributed by atoms with van der Waals surface area (Å²) in [5.41, 5.74) is 1.49. The van der Waals surface area contributed by atoms with Crippen LogP contribution in [-0.2, 0) is 11.3 Å². The van der Waals surface area contributed by atoms with Gasteiger partial charge in [0.05, 0.1) is 11.9 Å². The van der Waals surface area contributed by atoms with E-state index in [4.69, 9.17) is 0 Å². The number of nitrogens with zero attached hydrogens (tertiary/aromatic N) is 4. The molecule has 27 heavy (non-hydrogen) atoms. The van der Waals surface area contributed by atoms with E-state index in [2.05, 4.69) is 10.00 Å². The number of likely N-dealkylation sites (N-methyl/N-ethyl adjacent to an activating group) is 1. The monoisotopic (exact) mass is 370 g/mol. The molecule has 1 amide bonds. The maximum atomic E-state index is 13.4. The molecule has 2 fully saturated rings. The first-order chi connectivity index (χ1) is 13.1. The SMILES string of the molecule is CN(Cc1cnn(-c2ccc(F)cc2)c1)C(=O)C1(N2CCCC2)CCCC1. The van der Waals surface area contributed by atoms with Crippen LogP contribution in [0.5, 0.6) is 0 Å². The zero-order valence-corrected chi connectivity index (χ0v) is 15.9. The van der Waals surface area contributed by atoms with Crippen LogP contribution in [0.2, 0.25) is 0 Å². The average molecular weight is 370 g/mol. The molecule has 0 unspecified atom stereocenters. The van der Waals surface area contributed by atoms with Gasteiger partial charge < -0.3 is 4.90 Å². The molecule has 0 atom stereocenters. The van der Waals surface area contributed by atoms with Gasteiger partial charge in [-0.15, -0.1) is 0 Å². The molecule has 0 radical (unpaired) electrons. The van der Waals surface area contributed by atoms with Crippen molar-refractivity contribution in [3.05, 3.63) is 48.0 Å². The fourth-order valence-electron chi connectivity index (χ4n) is 4.65. The van der Waals surface area contributed by atoms with Crippen LogP contribution in [0.15, 0.2) is 36.7 Å². The van der Waals surface area contributed by atoms with Crippen molar-refractivity contribution in [2.24, 2.45) is 0 Å². The molecule has 0 spiro atoms. The lowest BCUT2D eigenvalue weighted by molar-refractivity contribution is -0.143. The van der Waals surface area contributed by atoms with Crippen LogP contribution >= 0.6 is 0 Å². The smallest absolute Gasteiger partial charge is 0.243 e. The highest BCUT2D eigenvalue weighted by atomic mass is 19.1. The molecule has 5 nitrogen and oxygen atoms in total. The van der Waals surface area contributed by atoms with Crippen molar-refractivity contribution in [3.63, 3.8) is 0 Å². The molecule has 2 heterocycles. The molecule has 1 saturated heterocycles. The van der Waals surface area contributed by atoms with Gasteiger partial charge in [0.15, 0.2) is 0 Å². The predicted octanol–water partition coefficient (Wildman–Crippen LogP) is 3.38. The van der Waals surface area contributed by atoms with Gasteiger partial charge in [0, 0.05) is 25.4 Å². The maximum absolute atomic E-state index is 13.4. The molecule has 1 aliphatic carbocycles. The molecule has 1 aromatic heterocycles. The molecule has 1 saturated carbocycles. The third kappa shape index (κ3) is 3.50. The Hall–Kier alpha value is -2.21.